The van der Waals surface area contributed by atoms with Crippen molar-refractivity contribution in [2.24, 2.45) is 0 Å². The second kappa shape index (κ2) is 4.80. The molecule has 1 heterocycles. The van der Waals surface area contributed by atoms with E-state index in [-0.39, 0.29) is 11.3 Å². The molecular weight excluding hydrogens is 214 g/mol. The van der Waals surface area contributed by atoms with E-state index in [1.165, 1.54) is 6.20 Å². The summed E-state index contributed by atoms with van der Waals surface area (Å²) in [5.41, 5.74) is 6.17. The highest BCUT2D eigenvalue weighted by atomic mass is 35.5. The molecule has 1 aromatic rings. The topological polar surface area (TPSA) is 78.8 Å². The van der Waals surface area contributed by atoms with Crippen LogP contribution in [0.15, 0.2) is 6.20 Å². The van der Waals surface area contributed by atoms with Crippen molar-refractivity contribution in [1.29, 1.82) is 5.26 Å². The molecule has 1 aromatic heterocycles. The Bertz CT molecular complexity index is 387. The zero-order chi connectivity index (χ0) is 11.4. The van der Waals surface area contributed by atoms with Gasteiger partial charge >= 0.3 is 0 Å². The summed E-state index contributed by atoms with van der Waals surface area (Å²) in [5.74, 6) is 0.553. The Hall–Kier alpha value is -1.54. The van der Waals surface area contributed by atoms with Crippen molar-refractivity contribution in [3.05, 3.63) is 11.5 Å². The molecule has 1 unspecified atom stereocenters. The molecule has 0 fully saturated rings. The third-order valence-corrected chi connectivity index (χ3v) is 2.33. The number of rotatable bonds is 3. The molecule has 0 aliphatic heterocycles. The van der Waals surface area contributed by atoms with Gasteiger partial charge in [-0.05, 0) is 18.5 Å². The van der Waals surface area contributed by atoms with Gasteiger partial charge in [-0.2, -0.15) is 10.2 Å². The number of nitrogens with two attached hydrogens (primary N) is 1. The molecule has 80 valence electrons. The number of anilines is 2. The van der Waals surface area contributed by atoms with E-state index in [1.54, 1.807) is 0 Å². The molecule has 1 rings (SSSR count). The number of hydrogen-bond donors (Lipinski definition) is 1. The van der Waals surface area contributed by atoms with Gasteiger partial charge in [0.1, 0.15) is 0 Å². The summed E-state index contributed by atoms with van der Waals surface area (Å²) >= 11 is 5.67. The molecule has 0 amide bonds. The summed E-state index contributed by atoms with van der Waals surface area (Å²) in [6.07, 6.45) is 1.86. The molecule has 1 atom stereocenters. The molecule has 0 aliphatic rings. The monoisotopic (exact) mass is 225 g/mol. The van der Waals surface area contributed by atoms with Gasteiger partial charge in [-0.1, -0.05) is 0 Å². The van der Waals surface area contributed by atoms with E-state index in [9.17, 15) is 0 Å². The van der Waals surface area contributed by atoms with Gasteiger partial charge in [-0.15, -0.1) is 0 Å². The number of halogens is 1. The van der Waals surface area contributed by atoms with Crippen molar-refractivity contribution >= 4 is 23.1 Å². The van der Waals surface area contributed by atoms with Crippen LogP contribution < -0.4 is 10.6 Å². The summed E-state index contributed by atoms with van der Waals surface area (Å²) in [6.45, 7) is 1.92. The zero-order valence-electron chi connectivity index (χ0n) is 8.61. The van der Waals surface area contributed by atoms with E-state index < -0.39 is 0 Å². The number of nitriles is 1. The molecule has 6 heteroatoms. The molecule has 0 aromatic carbocycles. The van der Waals surface area contributed by atoms with E-state index in [4.69, 9.17) is 22.6 Å². The first-order valence-corrected chi connectivity index (χ1v) is 4.82. The fourth-order valence-corrected chi connectivity index (χ4v) is 1.25. The Labute approximate surface area is 93.5 Å². The molecule has 0 saturated carbocycles. The molecule has 0 spiro atoms. The van der Waals surface area contributed by atoms with E-state index in [0.717, 1.165) is 0 Å². The minimum Gasteiger partial charge on any atom is -0.394 e. The lowest BCUT2D eigenvalue weighted by molar-refractivity contribution is 0.694. The number of nitrogens with zero attached hydrogens (tertiary/aromatic N) is 4. The molecule has 5 nitrogen and oxygen atoms in total. The van der Waals surface area contributed by atoms with Gasteiger partial charge in [-0.3, -0.25) is 0 Å². The zero-order valence-corrected chi connectivity index (χ0v) is 9.36. The maximum absolute atomic E-state index is 8.59. The maximum atomic E-state index is 8.59. The largest absolute Gasteiger partial charge is 0.394 e. The predicted molar refractivity (Wildman–Crippen MR) is 59.5 cm³/mol. The van der Waals surface area contributed by atoms with Crippen molar-refractivity contribution in [2.75, 3.05) is 17.7 Å². The van der Waals surface area contributed by atoms with Crippen LogP contribution in [-0.4, -0.2) is 23.1 Å². The average molecular weight is 226 g/mol. The van der Waals surface area contributed by atoms with Gasteiger partial charge in [0.15, 0.2) is 5.82 Å². The Balaban J connectivity index is 2.95. The highest BCUT2D eigenvalue weighted by molar-refractivity contribution is 6.28. The highest BCUT2D eigenvalue weighted by Crippen LogP contribution is 2.22. The van der Waals surface area contributed by atoms with Gasteiger partial charge in [0.25, 0.3) is 0 Å². The standard InChI is InChI=1S/C9H12ClN5/c1-6(3-4-11)15(2)8-7(12)5-13-9(10)14-8/h5-6H,3,12H2,1-2H3. The Morgan fingerprint density at radius 3 is 3.00 bits per heavy atom. The molecule has 0 bridgehead atoms. The first-order chi connectivity index (χ1) is 7.06. The summed E-state index contributed by atoms with van der Waals surface area (Å²) in [4.78, 5) is 9.60. The molecular formula is C9H12ClN5. The van der Waals surface area contributed by atoms with E-state index in [2.05, 4.69) is 16.0 Å². The summed E-state index contributed by atoms with van der Waals surface area (Å²) in [5, 5.41) is 8.74. The van der Waals surface area contributed by atoms with Crippen LogP contribution >= 0.6 is 11.6 Å². The van der Waals surface area contributed by atoms with E-state index in [0.29, 0.717) is 17.9 Å². The van der Waals surface area contributed by atoms with Crippen LogP contribution in [0.25, 0.3) is 0 Å². The number of aromatic nitrogens is 2. The lowest BCUT2D eigenvalue weighted by Gasteiger charge is -2.24. The van der Waals surface area contributed by atoms with Crippen LogP contribution in [0.5, 0.6) is 0 Å². The van der Waals surface area contributed by atoms with Crippen LogP contribution in [0, 0.1) is 11.3 Å². The van der Waals surface area contributed by atoms with Gasteiger partial charge in [0.2, 0.25) is 5.28 Å². The first kappa shape index (κ1) is 11.5. The summed E-state index contributed by atoms with van der Waals surface area (Å²) in [7, 11) is 1.82. The Kier molecular flexibility index (Phi) is 3.69. The second-order valence-electron chi connectivity index (χ2n) is 3.24. The summed E-state index contributed by atoms with van der Waals surface area (Å²) < 4.78 is 0. The van der Waals surface area contributed by atoms with Crippen LogP contribution in [0.4, 0.5) is 11.5 Å². The quantitative estimate of drug-likeness (QED) is 0.788. The summed E-state index contributed by atoms with van der Waals surface area (Å²) in [6, 6.07) is 2.12. The van der Waals surface area contributed by atoms with Crippen molar-refractivity contribution in [1.82, 2.24) is 9.97 Å². The van der Waals surface area contributed by atoms with Crippen molar-refractivity contribution in [2.45, 2.75) is 19.4 Å². The first-order valence-electron chi connectivity index (χ1n) is 4.44. The van der Waals surface area contributed by atoms with Gasteiger partial charge in [0, 0.05) is 13.1 Å². The SMILES string of the molecule is CC(CC#N)N(C)c1nc(Cl)ncc1N. The number of nitrogen functional groups attached to an aromatic ring is 1. The fourth-order valence-electron chi connectivity index (χ4n) is 1.12. The van der Waals surface area contributed by atoms with Crippen LogP contribution in [0.3, 0.4) is 0 Å². The lowest BCUT2D eigenvalue weighted by atomic mass is 10.2. The van der Waals surface area contributed by atoms with Crippen LogP contribution in [0.2, 0.25) is 5.28 Å². The molecule has 2 N–H and O–H groups in total. The van der Waals surface area contributed by atoms with Crippen molar-refractivity contribution in [3.8, 4) is 6.07 Å². The molecule has 0 radical (unpaired) electrons. The lowest BCUT2D eigenvalue weighted by Crippen LogP contribution is -2.30. The van der Waals surface area contributed by atoms with Crippen LogP contribution in [-0.2, 0) is 0 Å². The normalized spacial score (nSPS) is 11.9. The van der Waals surface area contributed by atoms with E-state index in [1.807, 2.05) is 18.9 Å². The van der Waals surface area contributed by atoms with Crippen molar-refractivity contribution < 1.29 is 0 Å². The van der Waals surface area contributed by atoms with Gasteiger partial charge in [0.05, 0.1) is 24.4 Å². The second-order valence-corrected chi connectivity index (χ2v) is 3.58. The highest BCUT2D eigenvalue weighted by Gasteiger charge is 2.14. The van der Waals surface area contributed by atoms with Gasteiger partial charge in [-0.25, -0.2) is 4.98 Å². The van der Waals surface area contributed by atoms with E-state index >= 15 is 0 Å². The van der Waals surface area contributed by atoms with Gasteiger partial charge < -0.3 is 10.6 Å². The maximum Gasteiger partial charge on any atom is 0.224 e. The molecule has 0 saturated heterocycles. The smallest absolute Gasteiger partial charge is 0.224 e. The fraction of sp³-hybridized carbons (Fsp3) is 0.444. The third-order valence-electron chi connectivity index (χ3n) is 2.15. The van der Waals surface area contributed by atoms with Crippen LogP contribution in [0.1, 0.15) is 13.3 Å². The minimum atomic E-state index is 0.0308. The van der Waals surface area contributed by atoms with Crippen molar-refractivity contribution in [3.63, 3.8) is 0 Å². The Morgan fingerprint density at radius 1 is 1.73 bits per heavy atom. The minimum absolute atomic E-state index is 0.0308. The predicted octanol–water partition coefficient (Wildman–Crippen LogP) is 1.45. The third kappa shape index (κ3) is 2.70. The Morgan fingerprint density at radius 2 is 2.40 bits per heavy atom. The number of hydrogen-bond acceptors (Lipinski definition) is 5. The molecule has 0 aliphatic carbocycles. The average Bonchev–Trinajstić information content (AvgIpc) is 2.21. The molecule has 15 heavy (non-hydrogen) atoms.